The van der Waals surface area contributed by atoms with E-state index in [0.717, 1.165) is 19.4 Å². The molecule has 0 spiro atoms. The molecular weight excluding hydrogens is 605 g/mol. The van der Waals surface area contributed by atoms with E-state index in [-0.39, 0.29) is 47.3 Å². The van der Waals surface area contributed by atoms with Crippen LogP contribution in [-0.2, 0) is 4.79 Å². The summed E-state index contributed by atoms with van der Waals surface area (Å²) in [5.74, 6) is 1.37. The Hall–Kier alpha value is -4.69. The Kier molecular flexibility index (Phi) is 7.79. The van der Waals surface area contributed by atoms with Crippen LogP contribution < -0.4 is 9.64 Å². The van der Waals surface area contributed by atoms with Gasteiger partial charge in [-0.3, -0.25) is 14.7 Å². The number of carbonyl (C=O) groups excluding carboxylic acids is 1. The van der Waals surface area contributed by atoms with Gasteiger partial charge < -0.3 is 14.5 Å². The molecule has 1 amide bonds. The minimum atomic E-state index is -0.937. The van der Waals surface area contributed by atoms with Gasteiger partial charge in [0.1, 0.15) is 35.6 Å². The van der Waals surface area contributed by atoms with Crippen LogP contribution in [0.1, 0.15) is 31.7 Å². The zero-order chi connectivity index (χ0) is 33.0. The lowest BCUT2D eigenvalue weighted by atomic mass is 9.95. The zero-order valence-corrected chi connectivity index (χ0v) is 26.3. The summed E-state index contributed by atoms with van der Waals surface area (Å²) in [4.78, 5) is 32.1. The van der Waals surface area contributed by atoms with Gasteiger partial charge in [0.2, 0.25) is 5.91 Å². The molecular formula is C36H35F3N6O2. The molecule has 0 unspecified atom stereocenters. The molecule has 3 saturated heterocycles. The van der Waals surface area contributed by atoms with Crippen LogP contribution in [0.15, 0.2) is 49.2 Å². The van der Waals surface area contributed by atoms with Crippen LogP contribution in [0, 0.1) is 29.9 Å². The first kappa shape index (κ1) is 30.9. The second kappa shape index (κ2) is 11.8. The van der Waals surface area contributed by atoms with Gasteiger partial charge >= 0.3 is 6.01 Å². The van der Waals surface area contributed by atoms with Crippen LogP contribution in [0.5, 0.6) is 6.01 Å². The molecule has 0 N–H and O–H groups in total. The Morgan fingerprint density at radius 1 is 1.23 bits per heavy atom. The summed E-state index contributed by atoms with van der Waals surface area (Å²) < 4.78 is 52.4. The molecule has 5 heterocycles. The molecule has 3 aliphatic heterocycles. The number of fused-ring (bicyclic) bond motifs is 3. The van der Waals surface area contributed by atoms with E-state index in [2.05, 4.69) is 27.4 Å². The number of benzene rings is 2. The van der Waals surface area contributed by atoms with Crippen molar-refractivity contribution in [3.8, 4) is 29.6 Å². The number of anilines is 1. The van der Waals surface area contributed by atoms with E-state index >= 15 is 4.39 Å². The van der Waals surface area contributed by atoms with Gasteiger partial charge in [0, 0.05) is 50.2 Å². The summed E-state index contributed by atoms with van der Waals surface area (Å²) in [5.41, 5.74) is -0.192. The predicted molar refractivity (Wildman–Crippen MR) is 175 cm³/mol. The molecule has 3 aliphatic rings. The largest absolute Gasteiger partial charge is 0.461 e. The summed E-state index contributed by atoms with van der Waals surface area (Å²) in [5, 5.41) is 1.36. The number of aromatic nitrogens is 3. The number of rotatable bonds is 7. The number of nitrogens with zero attached hydrogens (tertiary/aromatic N) is 6. The highest BCUT2D eigenvalue weighted by Gasteiger charge is 2.49. The number of hydrogen-bond donors (Lipinski definition) is 0. The third-order valence-corrected chi connectivity index (χ3v) is 10.2. The maximum atomic E-state index is 16.8. The number of halogens is 3. The molecule has 7 rings (SSSR count). The van der Waals surface area contributed by atoms with Crippen molar-refractivity contribution in [1.82, 2.24) is 24.8 Å². The van der Waals surface area contributed by atoms with Crippen LogP contribution in [-0.4, -0.2) is 88.2 Å². The quantitative estimate of drug-likeness (QED) is 0.194. The molecule has 11 heteroatoms. The summed E-state index contributed by atoms with van der Waals surface area (Å²) in [6.07, 6.45) is 9.65. The van der Waals surface area contributed by atoms with Crippen molar-refractivity contribution in [2.45, 2.75) is 43.9 Å². The van der Waals surface area contributed by atoms with Crippen molar-refractivity contribution < 1.29 is 22.7 Å². The van der Waals surface area contributed by atoms with Crippen LogP contribution in [0.2, 0.25) is 0 Å². The standard InChI is InChI=1S/C36H35F3N6O2/c1-5-24-27(38)12-11-22-9-7-10-25(30(22)24)32-31(39)33-26(16-40-32)34(43(4)28-19-44(17-21(28)3)29(46)6-2)42-35(41-33)47-20-36-13-8-14-45(36)18-23(37)15-36/h1,6-7,9-12,16,21,23,28H,2,8,13-15,17-20H2,3-4H3/t21-,23+,28+,36-/m0/s1. The first-order valence-corrected chi connectivity index (χ1v) is 15.8. The molecule has 0 bridgehead atoms. The smallest absolute Gasteiger partial charge is 0.319 e. The minimum absolute atomic E-state index is 0.0171. The van der Waals surface area contributed by atoms with Crippen LogP contribution in [0.3, 0.4) is 0 Å². The van der Waals surface area contributed by atoms with E-state index in [9.17, 15) is 13.6 Å². The molecule has 2 aromatic heterocycles. The van der Waals surface area contributed by atoms with E-state index in [0.29, 0.717) is 53.6 Å². The molecule has 8 nitrogen and oxygen atoms in total. The Morgan fingerprint density at radius 3 is 2.85 bits per heavy atom. The van der Waals surface area contributed by atoms with Gasteiger partial charge in [0.25, 0.3) is 0 Å². The molecule has 4 atom stereocenters. The Labute approximate surface area is 271 Å². The fourth-order valence-electron chi connectivity index (χ4n) is 7.80. The maximum Gasteiger partial charge on any atom is 0.319 e. The van der Waals surface area contributed by atoms with Gasteiger partial charge in [-0.2, -0.15) is 9.97 Å². The second-order valence-electron chi connectivity index (χ2n) is 13.0. The summed E-state index contributed by atoms with van der Waals surface area (Å²) in [6.45, 7) is 7.93. The van der Waals surface area contributed by atoms with Crippen LogP contribution in [0.4, 0.5) is 19.0 Å². The lowest BCUT2D eigenvalue weighted by Crippen LogP contribution is -2.43. The van der Waals surface area contributed by atoms with Gasteiger partial charge in [-0.1, -0.05) is 43.7 Å². The molecule has 242 valence electrons. The maximum absolute atomic E-state index is 16.8. The number of pyridine rings is 1. The van der Waals surface area contributed by atoms with E-state index in [1.54, 1.807) is 29.2 Å². The topological polar surface area (TPSA) is 74.7 Å². The first-order valence-electron chi connectivity index (χ1n) is 15.8. The Morgan fingerprint density at radius 2 is 2.06 bits per heavy atom. The predicted octanol–water partition coefficient (Wildman–Crippen LogP) is 5.53. The first-order chi connectivity index (χ1) is 22.6. The van der Waals surface area contributed by atoms with Crippen LogP contribution in [0.25, 0.3) is 32.9 Å². The van der Waals surface area contributed by atoms with Crippen molar-refractivity contribution in [2.75, 3.05) is 44.7 Å². The number of alkyl halides is 1. The third kappa shape index (κ3) is 5.15. The Balaban J connectivity index is 1.36. The van der Waals surface area contributed by atoms with E-state index in [4.69, 9.17) is 16.1 Å². The number of hydrogen-bond acceptors (Lipinski definition) is 7. The number of terminal acetylenes is 1. The summed E-state index contributed by atoms with van der Waals surface area (Å²) >= 11 is 0. The van der Waals surface area contributed by atoms with E-state index in [1.807, 2.05) is 18.9 Å². The van der Waals surface area contributed by atoms with Crippen molar-refractivity contribution in [2.24, 2.45) is 5.92 Å². The molecule has 3 fully saturated rings. The monoisotopic (exact) mass is 640 g/mol. The summed E-state index contributed by atoms with van der Waals surface area (Å²) in [6, 6.07) is 7.85. The van der Waals surface area contributed by atoms with Gasteiger partial charge in [0.05, 0.1) is 22.5 Å². The average molecular weight is 641 g/mol. The van der Waals surface area contributed by atoms with Crippen molar-refractivity contribution in [3.63, 3.8) is 0 Å². The highest BCUT2D eigenvalue weighted by Crippen LogP contribution is 2.41. The number of likely N-dealkylation sites (N-methyl/N-ethyl adjacent to an activating group) is 1. The molecule has 47 heavy (non-hydrogen) atoms. The van der Waals surface area contributed by atoms with Gasteiger partial charge in [-0.15, -0.1) is 6.42 Å². The van der Waals surface area contributed by atoms with Gasteiger partial charge in [-0.25, -0.2) is 13.2 Å². The lowest BCUT2D eigenvalue weighted by Gasteiger charge is -2.31. The third-order valence-electron chi connectivity index (χ3n) is 10.2. The SMILES string of the molecule is C#Cc1c(F)ccc2cccc(-c3ncc4c(N(C)[C@@H]5CN(C(=O)C=C)C[C@@H]5C)nc(OC[C@@]56CCCN5C[C@H](F)C6)nc4c3F)c12. The molecule has 2 aromatic carbocycles. The Bertz CT molecular complexity index is 1960. The van der Waals surface area contributed by atoms with E-state index in [1.165, 1.54) is 18.3 Å². The highest BCUT2D eigenvalue weighted by atomic mass is 19.1. The molecule has 4 aromatic rings. The van der Waals surface area contributed by atoms with Crippen molar-refractivity contribution >= 4 is 33.4 Å². The van der Waals surface area contributed by atoms with Crippen LogP contribution >= 0.6 is 0 Å². The molecule has 0 aliphatic carbocycles. The van der Waals surface area contributed by atoms with E-state index < -0.39 is 23.3 Å². The van der Waals surface area contributed by atoms with Crippen molar-refractivity contribution in [3.05, 3.63) is 66.4 Å². The van der Waals surface area contributed by atoms with Crippen molar-refractivity contribution in [1.29, 1.82) is 0 Å². The number of likely N-dealkylation sites (tertiary alicyclic amines) is 1. The average Bonchev–Trinajstić information content (AvgIpc) is 3.74. The zero-order valence-electron chi connectivity index (χ0n) is 26.3. The number of carbonyl (C=O) groups is 1. The molecule has 0 saturated carbocycles. The fourth-order valence-corrected chi connectivity index (χ4v) is 7.80. The minimum Gasteiger partial charge on any atom is -0.461 e. The summed E-state index contributed by atoms with van der Waals surface area (Å²) in [7, 11) is 1.84. The second-order valence-corrected chi connectivity index (χ2v) is 13.0. The fraction of sp³-hybridized carbons (Fsp3) is 0.389. The number of amides is 1. The normalized spacial score (nSPS) is 24.1. The van der Waals surface area contributed by atoms with Gasteiger partial charge in [-0.05, 0) is 42.8 Å². The number of ether oxygens (including phenoxy) is 1. The lowest BCUT2D eigenvalue weighted by molar-refractivity contribution is -0.125. The molecule has 0 radical (unpaired) electrons. The van der Waals surface area contributed by atoms with Gasteiger partial charge in [0.15, 0.2) is 5.82 Å². The highest BCUT2D eigenvalue weighted by molar-refractivity contribution is 6.02.